The Balaban J connectivity index is 2.27. The number of Topliss-reactive ketones (excluding diaryl/α,β-unsaturated/α-hetero) is 1. The lowest BCUT2D eigenvalue weighted by Crippen LogP contribution is -2.38. The summed E-state index contributed by atoms with van der Waals surface area (Å²) in [5, 5.41) is 0. The first-order valence-corrected chi connectivity index (χ1v) is 10.0. The molecule has 1 radical (unpaired) electrons. The number of carbonyl (C=O) groups is 1. The van der Waals surface area contributed by atoms with Crippen molar-refractivity contribution >= 4 is 11.5 Å². The molecule has 0 saturated heterocycles. The molecule has 0 aliphatic carbocycles. The summed E-state index contributed by atoms with van der Waals surface area (Å²) < 4.78 is 0. The fourth-order valence-corrected chi connectivity index (χ4v) is 3.63. The second kappa shape index (κ2) is 10.3. The summed E-state index contributed by atoms with van der Waals surface area (Å²) >= 11 is 0. The minimum Gasteiger partial charge on any atom is -0.377 e. The zero-order valence-electron chi connectivity index (χ0n) is 17.5. The first kappa shape index (κ1) is 21.2. The van der Waals surface area contributed by atoms with Gasteiger partial charge >= 0.3 is 0 Å². The van der Waals surface area contributed by atoms with E-state index in [9.17, 15) is 4.79 Å². The lowest BCUT2D eigenvalue weighted by Gasteiger charge is -2.30. The molecule has 0 aliphatic heterocycles. The minimum absolute atomic E-state index is 0.204. The monoisotopic (exact) mass is 365 g/mol. The van der Waals surface area contributed by atoms with Crippen molar-refractivity contribution in [3.63, 3.8) is 0 Å². The van der Waals surface area contributed by atoms with Gasteiger partial charge in [0.1, 0.15) is 0 Å². The highest BCUT2D eigenvalue weighted by atomic mass is 16.1. The Morgan fingerprint density at radius 3 is 2.22 bits per heavy atom. The highest BCUT2D eigenvalue weighted by Crippen LogP contribution is 2.24. The quantitative estimate of drug-likeness (QED) is 0.573. The van der Waals surface area contributed by atoms with Gasteiger partial charge in [-0.05, 0) is 55.3 Å². The highest BCUT2D eigenvalue weighted by molar-refractivity contribution is 6.01. The summed E-state index contributed by atoms with van der Waals surface area (Å²) in [4.78, 5) is 17.7. The Hall–Kier alpha value is -2.13. The van der Waals surface area contributed by atoms with Crippen molar-refractivity contribution in [1.29, 1.82) is 0 Å². The van der Waals surface area contributed by atoms with Gasteiger partial charge in [-0.15, -0.1) is 0 Å². The molecule has 2 rings (SSSR count). The topological polar surface area (TPSA) is 23.6 Å². The molecule has 27 heavy (non-hydrogen) atoms. The molecule has 0 bridgehead atoms. The Kier molecular flexibility index (Phi) is 8.05. The van der Waals surface area contributed by atoms with Crippen molar-refractivity contribution in [2.24, 2.45) is 0 Å². The van der Waals surface area contributed by atoms with Crippen LogP contribution in [0.5, 0.6) is 0 Å². The van der Waals surface area contributed by atoms with Crippen LogP contribution in [0, 0.1) is 6.07 Å². The zero-order chi connectivity index (χ0) is 19.8. The molecule has 1 atom stereocenters. The maximum Gasteiger partial charge on any atom is 0.166 e. The Morgan fingerprint density at radius 2 is 1.67 bits per heavy atom. The molecule has 3 heteroatoms. The molecular weight excluding hydrogens is 332 g/mol. The van der Waals surface area contributed by atoms with Crippen LogP contribution < -0.4 is 4.90 Å². The van der Waals surface area contributed by atoms with Gasteiger partial charge in [0.25, 0.3) is 0 Å². The van der Waals surface area contributed by atoms with Crippen molar-refractivity contribution in [3.05, 3.63) is 65.2 Å². The van der Waals surface area contributed by atoms with E-state index in [1.165, 1.54) is 11.1 Å². The Bertz CT molecular complexity index is 720. The number of carbonyl (C=O) groups excluding carboxylic acids is 1. The van der Waals surface area contributed by atoms with Crippen molar-refractivity contribution in [2.45, 2.75) is 46.1 Å². The van der Waals surface area contributed by atoms with Crippen LogP contribution in [0.1, 0.15) is 48.7 Å². The third kappa shape index (κ3) is 5.67. The standard InChI is InChI=1S/C24H33N2O/c1-6-19-14-15-22(23(17-19)25(4)5)24(27)18-21(26(7-2)8-3)16-20-12-10-9-11-13-20/h10-15,17,21H,6-8,16,18H2,1-5H3. The van der Waals surface area contributed by atoms with E-state index < -0.39 is 0 Å². The fourth-order valence-electron chi connectivity index (χ4n) is 3.63. The average molecular weight is 366 g/mol. The number of hydrogen-bond acceptors (Lipinski definition) is 3. The number of hydrogen-bond donors (Lipinski definition) is 0. The van der Waals surface area contributed by atoms with Gasteiger partial charge in [0.15, 0.2) is 5.78 Å². The van der Waals surface area contributed by atoms with Gasteiger partial charge in [-0.1, -0.05) is 51.1 Å². The van der Waals surface area contributed by atoms with Crippen molar-refractivity contribution < 1.29 is 4.79 Å². The van der Waals surface area contributed by atoms with E-state index in [-0.39, 0.29) is 11.8 Å². The molecule has 2 aromatic rings. The molecule has 2 aromatic carbocycles. The molecule has 0 saturated carbocycles. The summed E-state index contributed by atoms with van der Waals surface area (Å²) in [6.45, 7) is 8.37. The summed E-state index contributed by atoms with van der Waals surface area (Å²) in [7, 11) is 4.02. The lowest BCUT2D eigenvalue weighted by molar-refractivity contribution is 0.0925. The molecule has 3 nitrogen and oxygen atoms in total. The number of nitrogens with zero attached hydrogens (tertiary/aromatic N) is 2. The number of aryl methyl sites for hydroxylation is 1. The predicted molar refractivity (Wildman–Crippen MR) is 115 cm³/mol. The number of benzene rings is 2. The van der Waals surface area contributed by atoms with E-state index in [0.29, 0.717) is 6.42 Å². The molecule has 0 aromatic heterocycles. The smallest absolute Gasteiger partial charge is 0.166 e. The normalized spacial score (nSPS) is 12.2. The molecule has 0 N–H and O–H groups in total. The number of anilines is 1. The Morgan fingerprint density at radius 1 is 1.00 bits per heavy atom. The fraction of sp³-hybridized carbons (Fsp3) is 0.458. The molecule has 145 valence electrons. The van der Waals surface area contributed by atoms with Crippen LogP contribution in [0.2, 0.25) is 0 Å². The second-order valence-electron chi connectivity index (χ2n) is 7.21. The largest absolute Gasteiger partial charge is 0.377 e. The van der Waals surface area contributed by atoms with Crippen LogP contribution in [-0.2, 0) is 12.8 Å². The SMILES string of the molecule is CCc1ccc(C(=O)CC(Cc2cc[c]cc2)N(CC)CC)c(N(C)C)c1. The molecule has 0 amide bonds. The van der Waals surface area contributed by atoms with Crippen LogP contribution >= 0.6 is 0 Å². The van der Waals surface area contributed by atoms with Crippen molar-refractivity contribution in [3.8, 4) is 0 Å². The van der Waals surface area contributed by atoms with E-state index >= 15 is 0 Å². The first-order chi connectivity index (χ1) is 13.0. The summed E-state index contributed by atoms with van der Waals surface area (Å²) in [6, 6.07) is 17.6. The molecular formula is C24H33N2O. The minimum atomic E-state index is 0.204. The van der Waals surface area contributed by atoms with Crippen molar-refractivity contribution in [2.75, 3.05) is 32.1 Å². The van der Waals surface area contributed by atoms with Crippen LogP contribution in [0.3, 0.4) is 0 Å². The van der Waals surface area contributed by atoms with Crippen LogP contribution in [0.4, 0.5) is 5.69 Å². The number of ketones is 1. The molecule has 0 spiro atoms. The number of rotatable bonds is 10. The van der Waals surface area contributed by atoms with Gasteiger partial charge in [0.2, 0.25) is 0 Å². The van der Waals surface area contributed by atoms with E-state index in [0.717, 1.165) is 37.2 Å². The zero-order valence-corrected chi connectivity index (χ0v) is 17.5. The third-order valence-electron chi connectivity index (χ3n) is 5.26. The molecule has 0 aliphatic rings. The summed E-state index contributed by atoms with van der Waals surface area (Å²) in [5.74, 6) is 0.223. The van der Waals surface area contributed by atoms with Crippen LogP contribution in [0.25, 0.3) is 0 Å². The van der Waals surface area contributed by atoms with Gasteiger partial charge < -0.3 is 9.80 Å². The van der Waals surface area contributed by atoms with E-state index in [4.69, 9.17) is 0 Å². The Labute approximate surface area is 165 Å². The maximum absolute atomic E-state index is 13.2. The van der Waals surface area contributed by atoms with Gasteiger partial charge in [0, 0.05) is 37.8 Å². The van der Waals surface area contributed by atoms with E-state index in [2.05, 4.69) is 56.0 Å². The van der Waals surface area contributed by atoms with Crippen LogP contribution in [-0.4, -0.2) is 43.9 Å². The molecule has 0 fully saturated rings. The van der Waals surface area contributed by atoms with Gasteiger partial charge in [0.05, 0.1) is 0 Å². The summed E-state index contributed by atoms with van der Waals surface area (Å²) in [6.07, 6.45) is 2.39. The second-order valence-corrected chi connectivity index (χ2v) is 7.21. The first-order valence-electron chi connectivity index (χ1n) is 10.0. The lowest BCUT2D eigenvalue weighted by atomic mass is 9.95. The van der Waals surface area contributed by atoms with E-state index in [1.807, 2.05) is 37.2 Å². The highest BCUT2D eigenvalue weighted by Gasteiger charge is 2.22. The maximum atomic E-state index is 13.2. The predicted octanol–water partition coefficient (Wildman–Crippen LogP) is 4.64. The van der Waals surface area contributed by atoms with Gasteiger partial charge in [-0.25, -0.2) is 0 Å². The third-order valence-corrected chi connectivity index (χ3v) is 5.26. The number of likely N-dealkylation sites (N-methyl/N-ethyl adjacent to an activating group) is 1. The molecule has 0 heterocycles. The molecule has 1 unspecified atom stereocenters. The summed E-state index contributed by atoms with van der Waals surface area (Å²) in [5.41, 5.74) is 4.37. The van der Waals surface area contributed by atoms with Crippen LogP contribution in [0.15, 0.2) is 42.5 Å². The van der Waals surface area contributed by atoms with Crippen molar-refractivity contribution in [1.82, 2.24) is 4.90 Å². The van der Waals surface area contributed by atoms with E-state index in [1.54, 1.807) is 0 Å². The van der Waals surface area contributed by atoms with Gasteiger partial charge in [-0.3, -0.25) is 4.79 Å². The average Bonchev–Trinajstić information content (AvgIpc) is 2.69. The van der Waals surface area contributed by atoms with Gasteiger partial charge in [-0.2, -0.15) is 0 Å².